The van der Waals surface area contributed by atoms with Crippen LogP contribution in [0.3, 0.4) is 0 Å². The van der Waals surface area contributed by atoms with E-state index >= 15 is 0 Å². The molecule has 1 N–H and O–H groups in total. The molecule has 1 aliphatic carbocycles. The first-order valence-electron chi connectivity index (χ1n) is 10.1. The van der Waals surface area contributed by atoms with E-state index in [-0.39, 0.29) is 23.7 Å². The molecule has 0 spiro atoms. The fourth-order valence-corrected chi connectivity index (χ4v) is 3.69. The lowest BCUT2D eigenvalue weighted by Crippen LogP contribution is -2.26. The Bertz CT molecular complexity index is 1100. The molecule has 0 fully saturated rings. The Kier molecular flexibility index (Phi) is 5.19. The minimum Gasteiger partial charge on any atom is -0.493 e. The molecular formula is C22H25NO6. The number of hydrogen-bond donors (Lipinski definition) is 1. The van der Waals surface area contributed by atoms with Gasteiger partial charge in [-0.15, -0.1) is 0 Å². The predicted octanol–water partition coefficient (Wildman–Crippen LogP) is 2.87. The zero-order valence-corrected chi connectivity index (χ0v) is 17.1. The van der Waals surface area contributed by atoms with Gasteiger partial charge < -0.3 is 24.3 Å². The van der Waals surface area contributed by atoms with Gasteiger partial charge in [0.2, 0.25) is 17.1 Å². The molecule has 7 heteroatoms. The van der Waals surface area contributed by atoms with Crippen LogP contribution in [0.15, 0.2) is 29.0 Å². The van der Waals surface area contributed by atoms with Crippen LogP contribution in [0.1, 0.15) is 33.3 Å². The van der Waals surface area contributed by atoms with Crippen molar-refractivity contribution in [3.8, 4) is 34.1 Å². The van der Waals surface area contributed by atoms with Crippen molar-refractivity contribution in [2.75, 3.05) is 28.4 Å². The monoisotopic (exact) mass is 401 g/mol. The molecule has 154 valence electrons. The highest BCUT2D eigenvalue weighted by Gasteiger charge is 2.29. The molecule has 0 aromatic heterocycles. The van der Waals surface area contributed by atoms with Crippen molar-refractivity contribution in [2.24, 2.45) is 0 Å². The molecule has 29 heavy (non-hydrogen) atoms. The van der Waals surface area contributed by atoms with E-state index in [1.165, 1.54) is 41.4 Å². The SMILES string of the molecule is [2H]c1cc2c(c([2H])c(=O)c1OC)[C@@H](NC(C)=O)CCc1cc(OC)c(OC)c(OC)c1-2. The molecule has 0 saturated carbocycles. The molecule has 3 rings (SSSR count). The third kappa shape index (κ3) is 3.72. The van der Waals surface area contributed by atoms with E-state index < -0.39 is 11.5 Å². The average molecular weight is 401 g/mol. The number of methoxy groups -OCH3 is 4. The zero-order valence-electron chi connectivity index (χ0n) is 19.1. The first-order valence-corrected chi connectivity index (χ1v) is 9.10. The minimum atomic E-state index is -0.716. The summed E-state index contributed by atoms with van der Waals surface area (Å²) in [6, 6.07) is 2.16. The van der Waals surface area contributed by atoms with Crippen LogP contribution in [0.5, 0.6) is 23.0 Å². The number of rotatable bonds is 5. The number of carbonyl (C=O) groups is 1. The van der Waals surface area contributed by atoms with E-state index in [9.17, 15) is 9.59 Å². The van der Waals surface area contributed by atoms with Gasteiger partial charge in [-0.2, -0.15) is 0 Å². The highest BCUT2D eigenvalue weighted by molar-refractivity contribution is 5.83. The fourth-order valence-electron chi connectivity index (χ4n) is 3.69. The Balaban J connectivity index is 2.54. The van der Waals surface area contributed by atoms with Gasteiger partial charge in [0.1, 0.15) is 0 Å². The van der Waals surface area contributed by atoms with Gasteiger partial charge in [-0.1, -0.05) is 6.07 Å². The van der Waals surface area contributed by atoms with Gasteiger partial charge in [0, 0.05) is 12.5 Å². The molecule has 2 aromatic rings. The third-order valence-electron chi connectivity index (χ3n) is 4.91. The predicted molar refractivity (Wildman–Crippen MR) is 109 cm³/mol. The normalized spacial score (nSPS) is 15.7. The summed E-state index contributed by atoms with van der Waals surface area (Å²) < 4.78 is 38.8. The van der Waals surface area contributed by atoms with Crippen LogP contribution < -0.4 is 29.7 Å². The quantitative estimate of drug-likeness (QED) is 0.830. The highest BCUT2D eigenvalue weighted by atomic mass is 16.5. The number of carbonyl (C=O) groups excluding carboxylic acids is 1. The van der Waals surface area contributed by atoms with Gasteiger partial charge in [-0.3, -0.25) is 9.59 Å². The van der Waals surface area contributed by atoms with Crippen molar-refractivity contribution in [2.45, 2.75) is 25.8 Å². The first-order chi connectivity index (χ1) is 14.8. The molecule has 2 aromatic carbocycles. The minimum absolute atomic E-state index is 0.173. The van der Waals surface area contributed by atoms with E-state index in [2.05, 4.69) is 5.32 Å². The number of hydrogen-bond acceptors (Lipinski definition) is 6. The molecule has 0 unspecified atom stereocenters. The van der Waals surface area contributed by atoms with Gasteiger partial charge in [0.05, 0.1) is 37.2 Å². The van der Waals surface area contributed by atoms with Crippen molar-refractivity contribution in [3.63, 3.8) is 0 Å². The van der Waals surface area contributed by atoms with Crippen LogP contribution in [-0.4, -0.2) is 34.3 Å². The Labute approximate surface area is 172 Å². The Hall–Kier alpha value is -3.22. The summed E-state index contributed by atoms with van der Waals surface area (Å²) in [6.45, 7) is 1.38. The molecule has 0 heterocycles. The lowest BCUT2D eigenvalue weighted by Gasteiger charge is -2.19. The highest BCUT2D eigenvalue weighted by Crippen LogP contribution is 2.50. The van der Waals surface area contributed by atoms with Crippen LogP contribution in [0.2, 0.25) is 0 Å². The summed E-state index contributed by atoms with van der Waals surface area (Å²) in [6.07, 6.45) is 0.941. The molecule has 7 nitrogen and oxygen atoms in total. The summed E-state index contributed by atoms with van der Waals surface area (Å²) in [5, 5.41) is 2.84. The van der Waals surface area contributed by atoms with Gasteiger partial charge >= 0.3 is 0 Å². The summed E-state index contributed by atoms with van der Waals surface area (Å²) >= 11 is 0. The maximum absolute atomic E-state index is 12.9. The molecule has 0 radical (unpaired) electrons. The number of benzene rings is 1. The van der Waals surface area contributed by atoms with Gasteiger partial charge in [0.15, 0.2) is 17.2 Å². The zero-order chi connectivity index (χ0) is 22.9. The van der Waals surface area contributed by atoms with Crippen molar-refractivity contribution < 1.29 is 26.5 Å². The second-order valence-corrected chi connectivity index (χ2v) is 6.57. The van der Waals surface area contributed by atoms with Gasteiger partial charge in [-0.05, 0) is 47.7 Å². The van der Waals surface area contributed by atoms with Crippen molar-refractivity contribution in [1.82, 2.24) is 5.32 Å². The maximum atomic E-state index is 12.9. The van der Waals surface area contributed by atoms with E-state index in [1.54, 1.807) is 0 Å². The van der Waals surface area contributed by atoms with E-state index in [4.69, 9.17) is 21.7 Å². The molecule has 0 saturated heterocycles. The van der Waals surface area contributed by atoms with Crippen molar-refractivity contribution in [1.29, 1.82) is 0 Å². The summed E-state index contributed by atoms with van der Waals surface area (Å²) in [5.74, 6) is 0.655. The molecule has 0 aliphatic heterocycles. The fraction of sp³-hybridized carbons (Fsp3) is 0.364. The number of amides is 1. The maximum Gasteiger partial charge on any atom is 0.220 e. The van der Waals surface area contributed by atoms with Crippen molar-refractivity contribution >= 4 is 5.91 Å². The summed E-state index contributed by atoms with van der Waals surface area (Å²) in [7, 11) is 5.78. The number of ether oxygens (including phenoxy) is 4. The Morgan fingerprint density at radius 3 is 2.38 bits per heavy atom. The van der Waals surface area contributed by atoms with Crippen LogP contribution in [-0.2, 0) is 11.2 Å². The second-order valence-electron chi connectivity index (χ2n) is 6.57. The van der Waals surface area contributed by atoms with Crippen LogP contribution >= 0.6 is 0 Å². The summed E-state index contributed by atoms with van der Waals surface area (Å²) in [4.78, 5) is 24.8. The van der Waals surface area contributed by atoms with Crippen LogP contribution in [0, 0.1) is 0 Å². The van der Waals surface area contributed by atoms with E-state index in [1.807, 2.05) is 6.07 Å². The van der Waals surface area contributed by atoms with Crippen molar-refractivity contribution in [3.05, 3.63) is 45.6 Å². The van der Waals surface area contributed by atoms with E-state index in [0.717, 1.165) is 5.56 Å². The second kappa shape index (κ2) is 8.43. The van der Waals surface area contributed by atoms with Crippen LogP contribution in [0.25, 0.3) is 11.1 Å². The largest absolute Gasteiger partial charge is 0.493 e. The number of nitrogens with one attached hydrogen (secondary N) is 1. The summed E-state index contributed by atoms with van der Waals surface area (Å²) in [5.41, 5.74) is 1.43. The molecule has 1 amide bonds. The molecular weight excluding hydrogens is 374 g/mol. The number of aryl methyl sites for hydroxylation is 1. The molecule has 1 atom stereocenters. The molecule has 1 aliphatic rings. The number of fused-ring (bicyclic) bond motifs is 3. The smallest absolute Gasteiger partial charge is 0.220 e. The average Bonchev–Trinajstić information content (AvgIpc) is 2.93. The Morgan fingerprint density at radius 1 is 1.10 bits per heavy atom. The van der Waals surface area contributed by atoms with Crippen LogP contribution in [0.4, 0.5) is 0 Å². The first kappa shape index (κ1) is 17.8. The lowest BCUT2D eigenvalue weighted by atomic mass is 9.95. The van der Waals surface area contributed by atoms with Gasteiger partial charge in [0.25, 0.3) is 0 Å². The molecule has 0 bridgehead atoms. The van der Waals surface area contributed by atoms with Gasteiger partial charge in [-0.25, -0.2) is 0 Å². The van der Waals surface area contributed by atoms with E-state index in [0.29, 0.717) is 46.8 Å². The topological polar surface area (TPSA) is 83.1 Å². The Morgan fingerprint density at radius 2 is 1.79 bits per heavy atom. The third-order valence-corrected chi connectivity index (χ3v) is 4.91. The standard InChI is InChI=1S/C22H25NO6/c1-12(24)23-16-8-6-13-10-19(27-3)21(28-4)22(29-5)20(13)14-7-9-18(26-2)17(25)11-15(14)16/h7,9-11,16H,6,8H2,1-5H3,(H,23,24)/t16-/m0/s1/i9D,11D. The lowest BCUT2D eigenvalue weighted by molar-refractivity contribution is -0.119.